The molecule has 0 aromatic carbocycles. The van der Waals surface area contributed by atoms with Gasteiger partial charge in [0.05, 0.1) is 0 Å². The summed E-state index contributed by atoms with van der Waals surface area (Å²) in [6.07, 6.45) is 1.85. The van der Waals surface area contributed by atoms with E-state index in [1.54, 1.807) is 0 Å². The molecule has 0 aromatic rings. The van der Waals surface area contributed by atoms with Crippen LogP contribution in [0.25, 0.3) is 0 Å². The first-order valence-electron chi connectivity index (χ1n) is 4.42. The molecule has 82 valence electrons. The van der Waals surface area contributed by atoms with Crippen molar-refractivity contribution in [2.75, 3.05) is 13.6 Å². The van der Waals surface area contributed by atoms with Crippen LogP contribution in [0.5, 0.6) is 0 Å². The summed E-state index contributed by atoms with van der Waals surface area (Å²) in [6.45, 7) is 0.278. The Morgan fingerprint density at radius 2 is 2.14 bits per heavy atom. The molecule has 1 atom stereocenters. The molecule has 0 spiro atoms. The molecule has 0 amide bonds. The van der Waals surface area contributed by atoms with Crippen LogP contribution in [0.1, 0.15) is 19.3 Å². The van der Waals surface area contributed by atoms with Crippen LogP contribution in [0.4, 0.5) is 0 Å². The smallest absolute Gasteiger partial charge is 0.322 e. The van der Waals surface area contributed by atoms with Gasteiger partial charge in [-0.3, -0.25) is 4.79 Å². The van der Waals surface area contributed by atoms with Gasteiger partial charge >= 0.3 is 5.97 Å². The Bertz CT molecular complexity index is 314. The second-order valence-electron chi connectivity index (χ2n) is 3.17. The lowest BCUT2D eigenvalue weighted by molar-refractivity contribution is -0.142. The summed E-state index contributed by atoms with van der Waals surface area (Å²) in [5, 5.41) is 8.83. The zero-order valence-corrected chi connectivity index (χ0v) is 8.75. The van der Waals surface area contributed by atoms with E-state index in [4.69, 9.17) is 5.11 Å². The molecule has 0 aromatic heterocycles. The van der Waals surface area contributed by atoms with Crippen LogP contribution in [-0.2, 0) is 15.0 Å². The fourth-order valence-electron chi connectivity index (χ4n) is 1.56. The number of nitrogens with zero attached hydrogens (tertiary/aromatic N) is 1. The molecule has 1 saturated heterocycles. The molecule has 0 saturated carbocycles. The Kier molecular flexibility index (Phi) is 3.46. The first-order valence-corrected chi connectivity index (χ1v) is 5.86. The number of rotatable bonds is 3. The molecule has 1 aliphatic rings. The van der Waals surface area contributed by atoms with Gasteiger partial charge in [-0.25, -0.2) is 4.72 Å². The highest BCUT2D eigenvalue weighted by molar-refractivity contribution is 7.87. The van der Waals surface area contributed by atoms with E-state index < -0.39 is 22.2 Å². The predicted molar refractivity (Wildman–Crippen MR) is 50.0 cm³/mol. The molecule has 1 aliphatic heterocycles. The number of carboxylic acid groups (broad SMARTS) is 1. The Balaban J connectivity index is 2.88. The summed E-state index contributed by atoms with van der Waals surface area (Å²) in [7, 11) is -2.33. The van der Waals surface area contributed by atoms with Crippen LogP contribution in [0.2, 0.25) is 0 Å². The van der Waals surface area contributed by atoms with E-state index in [1.807, 2.05) is 0 Å². The lowest BCUT2D eigenvalue weighted by atomic mass is 10.1. The second-order valence-corrected chi connectivity index (χ2v) is 5.00. The molecule has 6 nitrogen and oxygen atoms in total. The van der Waals surface area contributed by atoms with Crippen molar-refractivity contribution < 1.29 is 18.3 Å². The highest BCUT2D eigenvalue weighted by Gasteiger charge is 2.35. The van der Waals surface area contributed by atoms with E-state index in [1.165, 1.54) is 7.05 Å². The van der Waals surface area contributed by atoms with Gasteiger partial charge in [0.25, 0.3) is 10.2 Å². The number of nitrogens with one attached hydrogen (secondary N) is 1. The van der Waals surface area contributed by atoms with Crippen LogP contribution in [0.3, 0.4) is 0 Å². The third kappa shape index (κ3) is 2.23. The summed E-state index contributed by atoms with van der Waals surface area (Å²) in [5.41, 5.74) is 0. The molecular formula is C7H14N2O4S. The van der Waals surface area contributed by atoms with Crippen LogP contribution in [0, 0.1) is 0 Å². The quantitative estimate of drug-likeness (QED) is 0.667. The fraction of sp³-hybridized carbons (Fsp3) is 0.857. The molecule has 0 unspecified atom stereocenters. The average molecular weight is 222 g/mol. The van der Waals surface area contributed by atoms with Gasteiger partial charge in [0, 0.05) is 13.6 Å². The van der Waals surface area contributed by atoms with Crippen LogP contribution in [-0.4, -0.2) is 43.4 Å². The molecule has 0 bridgehead atoms. The van der Waals surface area contributed by atoms with Crippen molar-refractivity contribution >= 4 is 16.2 Å². The van der Waals surface area contributed by atoms with Crippen molar-refractivity contribution in [3.8, 4) is 0 Å². The summed E-state index contributed by atoms with van der Waals surface area (Å²) >= 11 is 0. The highest BCUT2D eigenvalue weighted by atomic mass is 32.2. The standard InChI is InChI=1S/C7H14N2O4S/c1-8-14(12,13)9-5-3-2-4-6(9)7(10)11/h6,8H,2-5H2,1H3,(H,10,11)/t6-/m0/s1. The maximum absolute atomic E-state index is 11.4. The van der Waals surface area contributed by atoms with Gasteiger partial charge in [0.2, 0.25) is 0 Å². The van der Waals surface area contributed by atoms with Gasteiger partial charge in [-0.2, -0.15) is 12.7 Å². The Labute approximate surface area is 83.1 Å². The van der Waals surface area contributed by atoms with Crippen molar-refractivity contribution in [2.24, 2.45) is 0 Å². The molecular weight excluding hydrogens is 208 g/mol. The summed E-state index contributed by atoms with van der Waals surface area (Å²) < 4.78 is 26.0. The number of piperidine rings is 1. The van der Waals surface area contributed by atoms with Gasteiger partial charge in [-0.15, -0.1) is 0 Å². The molecule has 14 heavy (non-hydrogen) atoms. The summed E-state index contributed by atoms with van der Waals surface area (Å²) in [6, 6.07) is -0.916. The monoisotopic (exact) mass is 222 g/mol. The summed E-state index contributed by atoms with van der Waals surface area (Å²) in [4.78, 5) is 10.8. The van der Waals surface area contributed by atoms with E-state index in [0.717, 1.165) is 10.7 Å². The lowest BCUT2D eigenvalue weighted by Crippen LogP contribution is -2.51. The second kappa shape index (κ2) is 4.24. The Morgan fingerprint density at radius 3 is 2.64 bits per heavy atom. The van der Waals surface area contributed by atoms with Gasteiger partial charge in [-0.1, -0.05) is 0 Å². The van der Waals surface area contributed by atoms with Crippen LogP contribution >= 0.6 is 0 Å². The normalized spacial score (nSPS) is 24.8. The minimum absolute atomic E-state index is 0.278. The topological polar surface area (TPSA) is 86.7 Å². The van der Waals surface area contributed by atoms with E-state index in [9.17, 15) is 13.2 Å². The van der Waals surface area contributed by atoms with E-state index in [-0.39, 0.29) is 6.54 Å². The number of aliphatic carboxylic acids is 1. The number of carboxylic acids is 1. The van der Waals surface area contributed by atoms with E-state index in [0.29, 0.717) is 12.8 Å². The third-order valence-corrected chi connectivity index (χ3v) is 3.88. The number of carbonyl (C=O) groups is 1. The van der Waals surface area contributed by atoms with Gasteiger partial charge < -0.3 is 5.11 Å². The fourth-order valence-corrected chi connectivity index (χ4v) is 2.69. The largest absolute Gasteiger partial charge is 0.480 e. The van der Waals surface area contributed by atoms with Crippen LogP contribution in [0.15, 0.2) is 0 Å². The van der Waals surface area contributed by atoms with Gasteiger partial charge in [-0.05, 0) is 19.3 Å². The number of hydrogen-bond acceptors (Lipinski definition) is 3. The van der Waals surface area contributed by atoms with Crippen molar-refractivity contribution in [1.29, 1.82) is 0 Å². The molecule has 2 N–H and O–H groups in total. The maximum atomic E-state index is 11.4. The van der Waals surface area contributed by atoms with Gasteiger partial charge in [0.15, 0.2) is 0 Å². The van der Waals surface area contributed by atoms with E-state index in [2.05, 4.69) is 4.72 Å². The first-order chi connectivity index (χ1) is 6.49. The van der Waals surface area contributed by atoms with Crippen molar-refractivity contribution in [1.82, 2.24) is 9.03 Å². The first kappa shape index (κ1) is 11.4. The predicted octanol–water partition coefficient (Wildman–Crippen LogP) is -0.610. The molecule has 1 fully saturated rings. The van der Waals surface area contributed by atoms with Crippen LogP contribution < -0.4 is 4.72 Å². The summed E-state index contributed by atoms with van der Waals surface area (Å²) in [5.74, 6) is -1.08. The van der Waals surface area contributed by atoms with Gasteiger partial charge in [0.1, 0.15) is 6.04 Å². The van der Waals surface area contributed by atoms with Crippen molar-refractivity contribution in [2.45, 2.75) is 25.3 Å². The lowest BCUT2D eigenvalue weighted by Gasteiger charge is -2.31. The SMILES string of the molecule is CNS(=O)(=O)N1CCCC[C@H]1C(=O)O. The van der Waals surface area contributed by atoms with E-state index >= 15 is 0 Å². The molecule has 7 heteroatoms. The molecule has 0 aliphatic carbocycles. The molecule has 0 radical (unpaired) electrons. The Hall–Kier alpha value is -0.660. The average Bonchev–Trinajstić information content (AvgIpc) is 2.18. The van der Waals surface area contributed by atoms with Crippen molar-refractivity contribution in [3.05, 3.63) is 0 Å². The highest BCUT2D eigenvalue weighted by Crippen LogP contribution is 2.19. The maximum Gasteiger partial charge on any atom is 0.322 e. The Morgan fingerprint density at radius 1 is 1.50 bits per heavy atom. The minimum atomic E-state index is -3.61. The molecule has 1 heterocycles. The number of hydrogen-bond donors (Lipinski definition) is 2. The third-order valence-electron chi connectivity index (χ3n) is 2.31. The van der Waals surface area contributed by atoms with Crippen molar-refractivity contribution in [3.63, 3.8) is 0 Å². The molecule has 1 rings (SSSR count). The zero-order valence-electron chi connectivity index (χ0n) is 7.93. The zero-order chi connectivity index (χ0) is 10.8. The minimum Gasteiger partial charge on any atom is -0.480 e.